The van der Waals surface area contributed by atoms with Gasteiger partial charge in [-0.2, -0.15) is 5.26 Å². The lowest BCUT2D eigenvalue weighted by Crippen LogP contribution is -2.33. The third-order valence-electron chi connectivity index (χ3n) is 2.07. The van der Waals surface area contributed by atoms with Crippen LogP contribution in [0, 0.1) is 11.3 Å². The SMILES string of the molecule is C=CCO[P@@](CCC#N)N(C(C)C)C(C)C. The number of hydrogen-bond acceptors (Lipinski definition) is 3. The quantitative estimate of drug-likeness (QED) is 0.482. The van der Waals surface area contributed by atoms with Gasteiger partial charge >= 0.3 is 0 Å². The lowest BCUT2D eigenvalue weighted by atomic mass is 10.3. The van der Waals surface area contributed by atoms with Crippen LogP contribution in [0.3, 0.4) is 0 Å². The summed E-state index contributed by atoms with van der Waals surface area (Å²) in [6, 6.07) is 3.07. The van der Waals surface area contributed by atoms with Gasteiger partial charge in [-0.3, -0.25) is 4.67 Å². The van der Waals surface area contributed by atoms with Crippen molar-refractivity contribution in [3.63, 3.8) is 0 Å². The van der Waals surface area contributed by atoms with Crippen LogP contribution < -0.4 is 0 Å². The van der Waals surface area contributed by atoms with Gasteiger partial charge in [0.15, 0.2) is 0 Å². The van der Waals surface area contributed by atoms with Crippen LogP contribution in [0.15, 0.2) is 12.7 Å². The first-order valence-electron chi connectivity index (χ1n) is 5.71. The van der Waals surface area contributed by atoms with E-state index in [2.05, 4.69) is 45.0 Å². The molecule has 0 radical (unpaired) electrons. The zero-order valence-corrected chi connectivity index (χ0v) is 11.7. The van der Waals surface area contributed by atoms with E-state index in [0.29, 0.717) is 25.1 Å². The van der Waals surface area contributed by atoms with E-state index in [0.717, 1.165) is 6.16 Å². The average Bonchev–Trinajstić information content (AvgIpc) is 2.20. The Morgan fingerprint density at radius 2 is 1.94 bits per heavy atom. The molecular weight excluding hydrogens is 219 g/mol. The molecule has 92 valence electrons. The van der Waals surface area contributed by atoms with Crippen molar-refractivity contribution in [1.82, 2.24) is 4.67 Å². The van der Waals surface area contributed by atoms with Crippen molar-refractivity contribution < 1.29 is 4.52 Å². The van der Waals surface area contributed by atoms with Crippen LogP contribution in [0.4, 0.5) is 0 Å². The molecule has 3 nitrogen and oxygen atoms in total. The summed E-state index contributed by atoms with van der Waals surface area (Å²) in [6.45, 7) is 12.9. The molecule has 0 rings (SSSR count). The fourth-order valence-electron chi connectivity index (χ4n) is 1.64. The molecule has 0 amide bonds. The maximum atomic E-state index is 8.67. The van der Waals surface area contributed by atoms with E-state index >= 15 is 0 Å². The summed E-state index contributed by atoms with van der Waals surface area (Å²) in [5.74, 6) is 0. The Labute approximate surface area is 101 Å². The summed E-state index contributed by atoms with van der Waals surface area (Å²) in [5, 5.41) is 8.67. The molecular formula is C12H23N2OP. The van der Waals surface area contributed by atoms with Crippen LogP contribution in [-0.2, 0) is 4.52 Å². The molecule has 0 aromatic carbocycles. The highest BCUT2D eigenvalue weighted by Gasteiger charge is 2.24. The third-order valence-corrected chi connectivity index (χ3v) is 4.56. The Balaban J connectivity index is 4.53. The smallest absolute Gasteiger partial charge is 0.106 e. The molecule has 16 heavy (non-hydrogen) atoms. The first-order chi connectivity index (χ1) is 7.54. The Kier molecular flexibility index (Phi) is 8.47. The molecule has 0 aliphatic heterocycles. The monoisotopic (exact) mass is 242 g/mol. The predicted molar refractivity (Wildman–Crippen MR) is 70.3 cm³/mol. The van der Waals surface area contributed by atoms with Gasteiger partial charge in [-0.1, -0.05) is 6.08 Å². The van der Waals surface area contributed by atoms with Crippen LogP contribution in [0.25, 0.3) is 0 Å². The zero-order chi connectivity index (χ0) is 12.6. The van der Waals surface area contributed by atoms with Crippen molar-refractivity contribution in [2.75, 3.05) is 12.8 Å². The van der Waals surface area contributed by atoms with E-state index in [1.54, 1.807) is 6.08 Å². The highest BCUT2D eigenvalue weighted by Crippen LogP contribution is 2.45. The Bertz CT molecular complexity index is 228. The zero-order valence-electron chi connectivity index (χ0n) is 10.8. The van der Waals surface area contributed by atoms with Crippen LogP contribution in [-0.4, -0.2) is 29.5 Å². The number of nitrogens with zero attached hydrogens (tertiary/aromatic N) is 2. The average molecular weight is 242 g/mol. The minimum absolute atomic E-state index is 0.439. The second-order valence-corrected chi connectivity index (χ2v) is 6.01. The predicted octanol–water partition coefficient (Wildman–Crippen LogP) is 3.53. The summed E-state index contributed by atoms with van der Waals surface area (Å²) >= 11 is 0. The number of hydrogen-bond donors (Lipinski definition) is 0. The molecule has 0 fully saturated rings. The Morgan fingerprint density at radius 3 is 2.31 bits per heavy atom. The van der Waals surface area contributed by atoms with Crippen LogP contribution in [0.2, 0.25) is 0 Å². The minimum atomic E-state index is -0.675. The molecule has 0 saturated carbocycles. The first kappa shape index (κ1) is 15.6. The van der Waals surface area contributed by atoms with E-state index < -0.39 is 8.30 Å². The van der Waals surface area contributed by atoms with E-state index in [-0.39, 0.29) is 0 Å². The Hall–Kier alpha value is -0.420. The molecule has 0 aliphatic carbocycles. The molecule has 4 heteroatoms. The maximum Gasteiger partial charge on any atom is 0.106 e. The molecule has 0 N–H and O–H groups in total. The molecule has 0 unspecified atom stereocenters. The lowest BCUT2D eigenvalue weighted by Gasteiger charge is -2.36. The van der Waals surface area contributed by atoms with E-state index in [9.17, 15) is 0 Å². The molecule has 0 aromatic heterocycles. The van der Waals surface area contributed by atoms with Gasteiger partial charge in [0, 0.05) is 24.7 Å². The van der Waals surface area contributed by atoms with E-state index in [4.69, 9.17) is 9.79 Å². The standard InChI is InChI=1S/C12H23N2OP/c1-6-9-15-16(10-7-8-13)14(11(2)3)12(4)5/h6,11-12H,1,7,9-10H2,2-5H3/t16-/m0/s1. The molecule has 0 spiro atoms. The van der Waals surface area contributed by atoms with Gasteiger partial charge in [-0.25, -0.2) is 0 Å². The van der Waals surface area contributed by atoms with Crippen molar-refractivity contribution >= 4 is 8.30 Å². The molecule has 0 aromatic rings. The third kappa shape index (κ3) is 5.61. The molecule has 0 aliphatic rings. The fourth-order valence-corrected chi connectivity index (χ4v) is 3.73. The molecule has 0 bridgehead atoms. The van der Waals surface area contributed by atoms with Gasteiger partial charge in [0.1, 0.15) is 8.30 Å². The second kappa shape index (κ2) is 8.70. The maximum absolute atomic E-state index is 8.67. The van der Waals surface area contributed by atoms with Gasteiger partial charge in [0.2, 0.25) is 0 Å². The van der Waals surface area contributed by atoms with Crippen molar-refractivity contribution in [2.45, 2.75) is 46.2 Å². The lowest BCUT2D eigenvalue weighted by molar-refractivity contribution is 0.268. The van der Waals surface area contributed by atoms with Crippen LogP contribution in [0.5, 0.6) is 0 Å². The Morgan fingerprint density at radius 1 is 1.38 bits per heavy atom. The van der Waals surface area contributed by atoms with Crippen molar-refractivity contribution in [3.05, 3.63) is 12.7 Å². The summed E-state index contributed by atoms with van der Waals surface area (Å²) in [5.41, 5.74) is 0. The minimum Gasteiger partial charge on any atom is -0.339 e. The summed E-state index contributed by atoms with van der Waals surface area (Å²) < 4.78 is 8.16. The highest BCUT2D eigenvalue weighted by molar-refractivity contribution is 7.50. The van der Waals surface area contributed by atoms with Gasteiger partial charge in [-0.05, 0) is 27.7 Å². The molecule has 1 atom stereocenters. The highest BCUT2D eigenvalue weighted by atomic mass is 31.2. The van der Waals surface area contributed by atoms with E-state index in [1.807, 2.05) is 0 Å². The van der Waals surface area contributed by atoms with Gasteiger partial charge in [-0.15, -0.1) is 6.58 Å². The van der Waals surface area contributed by atoms with Crippen LogP contribution in [0.1, 0.15) is 34.1 Å². The summed E-state index contributed by atoms with van der Waals surface area (Å²) in [7, 11) is -0.675. The van der Waals surface area contributed by atoms with Gasteiger partial charge in [0.05, 0.1) is 12.7 Å². The summed E-state index contributed by atoms with van der Waals surface area (Å²) in [6.07, 6.45) is 3.13. The van der Waals surface area contributed by atoms with Crippen molar-refractivity contribution in [2.24, 2.45) is 0 Å². The number of nitriles is 1. The van der Waals surface area contributed by atoms with Gasteiger partial charge < -0.3 is 4.52 Å². The summed E-state index contributed by atoms with van der Waals surface area (Å²) in [4.78, 5) is 0. The largest absolute Gasteiger partial charge is 0.339 e. The topological polar surface area (TPSA) is 36.3 Å². The normalized spacial score (nSPS) is 13.1. The first-order valence-corrected chi connectivity index (χ1v) is 7.10. The second-order valence-electron chi connectivity index (χ2n) is 4.14. The molecule has 0 saturated heterocycles. The van der Waals surface area contributed by atoms with Crippen LogP contribution >= 0.6 is 8.30 Å². The van der Waals surface area contributed by atoms with Crippen molar-refractivity contribution in [3.8, 4) is 6.07 Å². The molecule has 0 heterocycles. The number of rotatable bonds is 8. The fraction of sp³-hybridized carbons (Fsp3) is 0.750. The van der Waals surface area contributed by atoms with Crippen molar-refractivity contribution in [1.29, 1.82) is 5.26 Å². The van der Waals surface area contributed by atoms with E-state index in [1.165, 1.54) is 0 Å². The van der Waals surface area contributed by atoms with Gasteiger partial charge in [0.25, 0.3) is 0 Å².